The van der Waals surface area contributed by atoms with Crippen molar-refractivity contribution in [2.45, 2.75) is 5.51 Å². The highest BCUT2D eigenvalue weighted by atomic mass is 79.9. The van der Waals surface area contributed by atoms with E-state index in [0.29, 0.717) is 0 Å². The zero-order valence-corrected chi connectivity index (χ0v) is 9.94. The maximum absolute atomic E-state index is 11.9. The van der Waals surface area contributed by atoms with Crippen LogP contribution in [0.15, 0.2) is 9.21 Å². The van der Waals surface area contributed by atoms with Gasteiger partial charge in [0.15, 0.2) is 9.21 Å². The molecule has 0 saturated heterocycles. The number of hydrogen-bond acceptors (Lipinski definition) is 4. The van der Waals surface area contributed by atoms with Gasteiger partial charge < -0.3 is 0 Å². The third-order valence-corrected chi connectivity index (χ3v) is 3.80. The summed E-state index contributed by atoms with van der Waals surface area (Å²) in [6, 6.07) is 0. The summed E-state index contributed by atoms with van der Waals surface area (Å²) in [6.07, 6.45) is 0. The topological polar surface area (TPSA) is 64.8 Å². The number of alkyl halides is 3. The Bertz CT molecular complexity index is 433. The van der Waals surface area contributed by atoms with Gasteiger partial charge in [0.1, 0.15) is 0 Å². The van der Waals surface area contributed by atoms with Crippen LogP contribution in [0.5, 0.6) is 0 Å². The highest BCUT2D eigenvalue weighted by Gasteiger charge is 2.49. The Morgan fingerprint density at radius 2 is 1.50 bits per heavy atom. The Morgan fingerprint density at radius 1 is 1.14 bits per heavy atom. The Hall–Kier alpha value is -0.160. The van der Waals surface area contributed by atoms with E-state index in [-0.39, 0.29) is 9.21 Å². The first-order chi connectivity index (χ1) is 6.16. The lowest BCUT2D eigenvalue weighted by atomic mass is 11.0. The van der Waals surface area contributed by atoms with Gasteiger partial charge in [-0.1, -0.05) is 4.20 Å². The molecule has 1 aromatic heterocycles. The van der Waals surface area contributed by atoms with Gasteiger partial charge in [-0.3, -0.25) is 0 Å². The molecule has 0 N–H and O–H groups in total. The summed E-state index contributed by atoms with van der Waals surface area (Å²) in [6.45, 7) is 0. The SMILES string of the molecule is O=S(=O)(n1nc(Br)c(Br)n1)C(F)(F)F. The van der Waals surface area contributed by atoms with Crippen molar-refractivity contribution in [1.29, 1.82) is 0 Å². The zero-order chi connectivity index (χ0) is 11.1. The molecule has 0 fully saturated rings. The van der Waals surface area contributed by atoms with Gasteiger partial charge in [0, 0.05) is 0 Å². The lowest BCUT2D eigenvalue weighted by Gasteiger charge is -2.04. The molecular weight excluding hydrogens is 359 g/mol. The smallest absolute Gasteiger partial charge is 0.193 e. The molecule has 80 valence electrons. The van der Waals surface area contributed by atoms with Crippen LogP contribution in [0.4, 0.5) is 13.2 Å². The average Bonchev–Trinajstić information content (AvgIpc) is 2.30. The number of aromatic nitrogens is 3. The summed E-state index contributed by atoms with van der Waals surface area (Å²) in [5, 5.41) is 6.03. The van der Waals surface area contributed by atoms with Crippen molar-refractivity contribution in [3.05, 3.63) is 9.21 Å². The molecule has 0 saturated carbocycles. The van der Waals surface area contributed by atoms with Gasteiger partial charge in [-0.05, 0) is 31.9 Å². The maximum atomic E-state index is 11.9. The predicted molar refractivity (Wildman–Crippen MR) is 45.8 cm³/mol. The lowest BCUT2D eigenvalue weighted by Crippen LogP contribution is -2.31. The van der Waals surface area contributed by atoms with Gasteiger partial charge in [-0.25, -0.2) is 0 Å². The number of rotatable bonds is 1. The molecule has 0 unspecified atom stereocenters. The van der Waals surface area contributed by atoms with Crippen molar-refractivity contribution < 1.29 is 21.6 Å². The Balaban J connectivity index is 3.32. The minimum absolute atomic E-state index is 0.134. The van der Waals surface area contributed by atoms with E-state index in [2.05, 4.69) is 42.1 Å². The fourth-order valence-electron chi connectivity index (χ4n) is 0.455. The molecule has 0 radical (unpaired) electrons. The van der Waals surface area contributed by atoms with Crippen molar-refractivity contribution >= 4 is 41.9 Å². The van der Waals surface area contributed by atoms with Crippen molar-refractivity contribution in [2.24, 2.45) is 0 Å². The third kappa shape index (κ3) is 1.93. The highest BCUT2D eigenvalue weighted by molar-refractivity contribution is 9.13. The Labute approximate surface area is 92.6 Å². The van der Waals surface area contributed by atoms with Crippen LogP contribution in [0.1, 0.15) is 0 Å². The summed E-state index contributed by atoms with van der Waals surface area (Å²) in [5.41, 5.74) is -5.43. The quantitative estimate of drug-likeness (QED) is 0.763. The minimum Gasteiger partial charge on any atom is -0.193 e. The van der Waals surface area contributed by atoms with Crippen LogP contribution < -0.4 is 0 Å². The molecule has 0 spiro atoms. The molecule has 5 nitrogen and oxygen atoms in total. The van der Waals surface area contributed by atoms with E-state index >= 15 is 0 Å². The van der Waals surface area contributed by atoms with E-state index in [4.69, 9.17) is 0 Å². The monoisotopic (exact) mass is 357 g/mol. The molecule has 0 aliphatic heterocycles. The standard InChI is InChI=1S/C3Br2F3N3O2S/c4-1-2(5)10-11(9-1)14(12,13)3(6,7)8. The Morgan fingerprint density at radius 3 is 1.79 bits per heavy atom. The van der Waals surface area contributed by atoms with Gasteiger partial charge in [-0.15, -0.1) is 10.2 Å². The van der Waals surface area contributed by atoms with Crippen LogP contribution in [-0.2, 0) is 10.0 Å². The van der Waals surface area contributed by atoms with E-state index in [1.807, 2.05) is 0 Å². The molecule has 1 rings (SSSR count). The van der Waals surface area contributed by atoms with Crippen LogP contribution in [0.25, 0.3) is 0 Å². The number of halogens is 5. The van der Waals surface area contributed by atoms with Gasteiger partial charge in [0.05, 0.1) is 0 Å². The molecule has 14 heavy (non-hydrogen) atoms. The van der Waals surface area contributed by atoms with E-state index in [0.717, 1.165) is 0 Å². The van der Waals surface area contributed by atoms with Crippen LogP contribution in [0, 0.1) is 0 Å². The molecule has 0 atom stereocenters. The fraction of sp³-hybridized carbons (Fsp3) is 0.333. The van der Waals surface area contributed by atoms with Crippen LogP contribution in [-0.4, -0.2) is 28.3 Å². The second kappa shape index (κ2) is 3.45. The summed E-state index contributed by atoms with van der Waals surface area (Å²) in [7, 11) is -5.54. The van der Waals surface area contributed by atoms with Gasteiger partial charge in [0.2, 0.25) is 0 Å². The summed E-state index contributed by atoms with van der Waals surface area (Å²) in [4.78, 5) is 0. The fourth-order valence-corrected chi connectivity index (χ4v) is 1.69. The molecule has 0 bridgehead atoms. The van der Waals surface area contributed by atoms with Crippen LogP contribution >= 0.6 is 31.9 Å². The van der Waals surface area contributed by atoms with Crippen LogP contribution in [0.2, 0.25) is 0 Å². The second-order valence-electron chi connectivity index (χ2n) is 1.96. The molecule has 0 aliphatic carbocycles. The summed E-state index contributed by atoms with van der Waals surface area (Å²) >= 11 is 5.40. The molecule has 0 aromatic carbocycles. The second-order valence-corrected chi connectivity index (χ2v) is 5.20. The van der Waals surface area contributed by atoms with Gasteiger partial charge in [0.25, 0.3) is 0 Å². The predicted octanol–water partition coefficient (Wildman–Crippen LogP) is 1.50. The molecule has 0 amide bonds. The molecule has 1 aromatic rings. The highest BCUT2D eigenvalue weighted by Crippen LogP contribution is 2.26. The van der Waals surface area contributed by atoms with Crippen molar-refractivity contribution in [2.75, 3.05) is 0 Å². The first-order valence-electron chi connectivity index (χ1n) is 2.76. The normalized spacial score (nSPS) is 13.2. The average molecular weight is 359 g/mol. The number of hydrogen-bond donors (Lipinski definition) is 0. The first kappa shape index (κ1) is 11.9. The Kier molecular flexibility index (Phi) is 2.94. The van der Waals surface area contributed by atoms with Crippen molar-refractivity contribution in [3.63, 3.8) is 0 Å². The first-order valence-corrected chi connectivity index (χ1v) is 5.79. The van der Waals surface area contributed by atoms with E-state index < -0.39 is 19.7 Å². The van der Waals surface area contributed by atoms with Crippen molar-refractivity contribution in [1.82, 2.24) is 14.4 Å². The molecule has 0 aliphatic rings. The van der Waals surface area contributed by atoms with Crippen LogP contribution in [0.3, 0.4) is 0 Å². The molecule has 1 heterocycles. The van der Waals surface area contributed by atoms with Crippen molar-refractivity contribution in [3.8, 4) is 0 Å². The molecule has 11 heteroatoms. The summed E-state index contributed by atoms with van der Waals surface area (Å²) in [5.74, 6) is 0. The van der Waals surface area contributed by atoms with E-state index in [9.17, 15) is 21.6 Å². The number of nitrogens with zero attached hydrogens (tertiary/aromatic N) is 3. The minimum atomic E-state index is -5.54. The zero-order valence-electron chi connectivity index (χ0n) is 5.96. The third-order valence-electron chi connectivity index (χ3n) is 1.02. The van der Waals surface area contributed by atoms with E-state index in [1.54, 1.807) is 0 Å². The molecular formula is C3Br2F3N3O2S. The summed E-state index contributed by atoms with van der Waals surface area (Å²) < 4.78 is 56.5. The van der Waals surface area contributed by atoms with Gasteiger partial charge in [-0.2, -0.15) is 21.6 Å². The van der Waals surface area contributed by atoms with E-state index in [1.165, 1.54) is 0 Å². The largest absolute Gasteiger partial charge is 0.520 e. The maximum Gasteiger partial charge on any atom is 0.520 e. The van der Waals surface area contributed by atoms with Gasteiger partial charge >= 0.3 is 15.5 Å². The lowest BCUT2D eigenvalue weighted by molar-refractivity contribution is -0.0453.